The Hall–Kier alpha value is -0.340. The Morgan fingerprint density at radius 1 is 1.29 bits per heavy atom. The molecule has 0 bridgehead atoms. The highest BCUT2D eigenvalue weighted by atomic mass is 15.2. The number of nitrogens with zero attached hydrogens (tertiary/aromatic N) is 1. The molecule has 1 heterocycles. The van der Waals surface area contributed by atoms with Crippen molar-refractivity contribution >= 4 is 0 Å². The Labute approximate surface area is 87.2 Å². The van der Waals surface area contributed by atoms with Gasteiger partial charge in [0.15, 0.2) is 0 Å². The van der Waals surface area contributed by atoms with Crippen molar-refractivity contribution in [2.75, 3.05) is 13.1 Å². The van der Waals surface area contributed by atoms with E-state index in [4.69, 9.17) is 5.73 Å². The topological polar surface area (TPSA) is 29.3 Å². The van der Waals surface area contributed by atoms with Crippen molar-refractivity contribution in [3.63, 3.8) is 0 Å². The highest BCUT2D eigenvalue weighted by Gasteiger charge is 2.28. The molecule has 14 heavy (non-hydrogen) atoms. The van der Waals surface area contributed by atoms with Gasteiger partial charge in [-0.3, -0.25) is 4.90 Å². The molecule has 1 aliphatic heterocycles. The zero-order chi connectivity index (χ0) is 10.1. The molecule has 1 aliphatic carbocycles. The van der Waals surface area contributed by atoms with Crippen LogP contribution in [0, 0.1) is 11.8 Å². The van der Waals surface area contributed by atoms with E-state index in [2.05, 4.69) is 30.9 Å². The molecular weight excluding hydrogens is 172 g/mol. The summed E-state index contributed by atoms with van der Waals surface area (Å²) >= 11 is 0. The lowest BCUT2D eigenvalue weighted by Crippen LogP contribution is -2.32. The van der Waals surface area contributed by atoms with Crippen LogP contribution >= 0.6 is 0 Å². The van der Waals surface area contributed by atoms with Crippen LogP contribution in [-0.2, 0) is 0 Å². The standard InChI is InChI=1S/C12H22N2/c1-9-5-10(2)14(7-9)8-11-3-4-12(13)6-11/h3-4,9-12H,5-8,13H2,1-2H3. The maximum absolute atomic E-state index is 5.86. The third-order valence-electron chi connectivity index (χ3n) is 3.59. The molecule has 1 saturated heterocycles. The van der Waals surface area contributed by atoms with E-state index in [0.29, 0.717) is 12.0 Å². The lowest BCUT2D eigenvalue weighted by Gasteiger charge is -2.24. The lowest BCUT2D eigenvalue weighted by atomic mass is 10.1. The third-order valence-corrected chi connectivity index (χ3v) is 3.59. The van der Waals surface area contributed by atoms with E-state index < -0.39 is 0 Å². The Balaban J connectivity index is 1.83. The first kappa shape index (κ1) is 10.2. The predicted molar refractivity (Wildman–Crippen MR) is 60.0 cm³/mol. The van der Waals surface area contributed by atoms with Crippen LogP contribution in [0.5, 0.6) is 0 Å². The molecular formula is C12H22N2. The summed E-state index contributed by atoms with van der Waals surface area (Å²) in [6.45, 7) is 7.20. The van der Waals surface area contributed by atoms with Gasteiger partial charge in [-0.2, -0.15) is 0 Å². The van der Waals surface area contributed by atoms with Crippen molar-refractivity contribution < 1.29 is 0 Å². The Bertz CT molecular complexity index is 224. The summed E-state index contributed by atoms with van der Waals surface area (Å²) in [6, 6.07) is 1.09. The van der Waals surface area contributed by atoms with E-state index in [1.165, 1.54) is 19.5 Å². The second-order valence-corrected chi connectivity index (χ2v) is 5.19. The minimum absolute atomic E-state index is 0.315. The summed E-state index contributed by atoms with van der Waals surface area (Å²) in [4.78, 5) is 2.62. The molecule has 80 valence electrons. The molecule has 1 fully saturated rings. The molecule has 2 N–H and O–H groups in total. The summed E-state index contributed by atoms with van der Waals surface area (Å²) in [7, 11) is 0. The molecule has 0 aromatic rings. The van der Waals surface area contributed by atoms with E-state index in [9.17, 15) is 0 Å². The summed E-state index contributed by atoms with van der Waals surface area (Å²) < 4.78 is 0. The first-order valence-electron chi connectivity index (χ1n) is 5.83. The van der Waals surface area contributed by atoms with Crippen LogP contribution < -0.4 is 5.73 Å². The Kier molecular flexibility index (Phi) is 2.93. The van der Waals surface area contributed by atoms with Gasteiger partial charge >= 0.3 is 0 Å². The van der Waals surface area contributed by atoms with Crippen molar-refractivity contribution in [3.05, 3.63) is 12.2 Å². The summed E-state index contributed by atoms with van der Waals surface area (Å²) in [5.74, 6) is 1.59. The monoisotopic (exact) mass is 194 g/mol. The number of hydrogen-bond acceptors (Lipinski definition) is 2. The minimum Gasteiger partial charge on any atom is -0.324 e. The summed E-state index contributed by atoms with van der Waals surface area (Å²) in [5.41, 5.74) is 5.86. The first-order chi connectivity index (χ1) is 6.65. The van der Waals surface area contributed by atoms with Gasteiger partial charge in [0.25, 0.3) is 0 Å². The van der Waals surface area contributed by atoms with Gasteiger partial charge in [-0.25, -0.2) is 0 Å². The van der Waals surface area contributed by atoms with Gasteiger partial charge < -0.3 is 5.73 Å². The zero-order valence-corrected chi connectivity index (χ0v) is 9.32. The molecule has 4 atom stereocenters. The van der Waals surface area contributed by atoms with Crippen molar-refractivity contribution in [2.24, 2.45) is 17.6 Å². The quantitative estimate of drug-likeness (QED) is 0.677. The second kappa shape index (κ2) is 4.03. The van der Waals surface area contributed by atoms with E-state index in [-0.39, 0.29) is 0 Å². The van der Waals surface area contributed by atoms with E-state index in [1.54, 1.807) is 0 Å². The molecule has 0 saturated carbocycles. The Morgan fingerprint density at radius 3 is 2.57 bits per heavy atom. The van der Waals surface area contributed by atoms with Gasteiger partial charge in [0.05, 0.1) is 0 Å². The van der Waals surface area contributed by atoms with Crippen LogP contribution in [0.1, 0.15) is 26.7 Å². The largest absolute Gasteiger partial charge is 0.324 e. The van der Waals surface area contributed by atoms with Crippen LogP contribution in [0.3, 0.4) is 0 Å². The second-order valence-electron chi connectivity index (χ2n) is 5.19. The highest BCUT2D eigenvalue weighted by molar-refractivity contribution is 5.05. The van der Waals surface area contributed by atoms with Crippen LogP contribution in [-0.4, -0.2) is 30.1 Å². The molecule has 2 nitrogen and oxygen atoms in total. The van der Waals surface area contributed by atoms with Crippen molar-refractivity contribution in [1.82, 2.24) is 4.90 Å². The summed E-state index contributed by atoms with van der Waals surface area (Å²) in [5, 5.41) is 0. The van der Waals surface area contributed by atoms with Crippen LogP contribution in [0.4, 0.5) is 0 Å². The van der Waals surface area contributed by atoms with Crippen LogP contribution in [0.25, 0.3) is 0 Å². The number of hydrogen-bond donors (Lipinski definition) is 1. The SMILES string of the molecule is CC1CC(C)N(CC2C=CC(N)C2)C1. The number of rotatable bonds is 2. The summed E-state index contributed by atoms with van der Waals surface area (Å²) in [6.07, 6.45) is 6.98. The van der Waals surface area contributed by atoms with Crippen molar-refractivity contribution in [2.45, 2.75) is 38.8 Å². The highest BCUT2D eigenvalue weighted by Crippen LogP contribution is 2.26. The van der Waals surface area contributed by atoms with E-state index >= 15 is 0 Å². The average Bonchev–Trinajstić information content (AvgIpc) is 2.61. The zero-order valence-electron chi connectivity index (χ0n) is 9.32. The smallest absolute Gasteiger partial charge is 0.0229 e. The van der Waals surface area contributed by atoms with Gasteiger partial charge in [0.1, 0.15) is 0 Å². The predicted octanol–water partition coefficient (Wildman–Crippen LogP) is 1.62. The Morgan fingerprint density at radius 2 is 2.07 bits per heavy atom. The molecule has 0 aromatic carbocycles. The van der Waals surface area contributed by atoms with Gasteiger partial charge in [0, 0.05) is 25.2 Å². The third kappa shape index (κ3) is 2.18. The van der Waals surface area contributed by atoms with Gasteiger partial charge in [0.2, 0.25) is 0 Å². The molecule has 2 heteroatoms. The normalized spacial score (nSPS) is 43.6. The van der Waals surface area contributed by atoms with E-state index in [0.717, 1.165) is 18.4 Å². The molecule has 4 unspecified atom stereocenters. The van der Waals surface area contributed by atoms with E-state index in [1.807, 2.05) is 0 Å². The number of nitrogens with two attached hydrogens (primary N) is 1. The molecule has 0 spiro atoms. The molecule has 0 radical (unpaired) electrons. The fraction of sp³-hybridized carbons (Fsp3) is 0.833. The molecule has 2 aliphatic rings. The van der Waals surface area contributed by atoms with Crippen molar-refractivity contribution in [1.29, 1.82) is 0 Å². The molecule has 0 amide bonds. The van der Waals surface area contributed by atoms with Gasteiger partial charge in [-0.1, -0.05) is 19.1 Å². The minimum atomic E-state index is 0.315. The fourth-order valence-corrected chi connectivity index (χ4v) is 2.88. The van der Waals surface area contributed by atoms with Gasteiger partial charge in [-0.15, -0.1) is 0 Å². The van der Waals surface area contributed by atoms with Crippen LogP contribution in [0.15, 0.2) is 12.2 Å². The lowest BCUT2D eigenvalue weighted by molar-refractivity contribution is 0.237. The van der Waals surface area contributed by atoms with Gasteiger partial charge in [-0.05, 0) is 31.6 Å². The average molecular weight is 194 g/mol. The van der Waals surface area contributed by atoms with Crippen molar-refractivity contribution in [3.8, 4) is 0 Å². The first-order valence-corrected chi connectivity index (χ1v) is 5.83. The maximum Gasteiger partial charge on any atom is 0.0229 e. The molecule has 0 aromatic heterocycles. The molecule has 2 rings (SSSR count). The van der Waals surface area contributed by atoms with Crippen LogP contribution in [0.2, 0.25) is 0 Å². The number of likely N-dealkylation sites (tertiary alicyclic amines) is 1. The fourth-order valence-electron chi connectivity index (χ4n) is 2.88. The maximum atomic E-state index is 5.86.